The van der Waals surface area contributed by atoms with Crippen LogP contribution in [0.1, 0.15) is 30.9 Å². The van der Waals surface area contributed by atoms with Crippen LogP contribution in [0, 0.1) is 0 Å². The Kier molecular flexibility index (Phi) is 4.63. The predicted octanol–water partition coefficient (Wildman–Crippen LogP) is 2.14. The van der Waals surface area contributed by atoms with Crippen LogP contribution >= 0.6 is 0 Å². The van der Waals surface area contributed by atoms with Gasteiger partial charge in [0.05, 0.1) is 12.7 Å². The lowest BCUT2D eigenvalue weighted by Crippen LogP contribution is -2.32. The van der Waals surface area contributed by atoms with Crippen LogP contribution in [0.5, 0.6) is 5.75 Å². The molecule has 116 valence electrons. The summed E-state index contributed by atoms with van der Waals surface area (Å²) in [6, 6.07) is 3.96. The summed E-state index contributed by atoms with van der Waals surface area (Å²) in [4.78, 5) is 2.39. The van der Waals surface area contributed by atoms with E-state index < -0.39 is 0 Å². The fourth-order valence-electron chi connectivity index (χ4n) is 3.07. The Morgan fingerprint density at radius 1 is 1.38 bits per heavy atom. The molecule has 0 bridgehead atoms. The molecule has 1 aromatic rings. The third kappa shape index (κ3) is 3.48. The second-order valence-corrected chi connectivity index (χ2v) is 5.74. The van der Waals surface area contributed by atoms with E-state index in [2.05, 4.69) is 11.8 Å². The third-order valence-electron chi connectivity index (χ3n) is 4.14. The van der Waals surface area contributed by atoms with E-state index in [-0.39, 0.29) is 0 Å². The van der Waals surface area contributed by atoms with Gasteiger partial charge < -0.3 is 19.9 Å². The van der Waals surface area contributed by atoms with Crippen LogP contribution in [0.3, 0.4) is 0 Å². The van der Waals surface area contributed by atoms with E-state index >= 15 is 0 Å². The summed E-state index contributed by atoms with van der Waals surface area (Å²) in [5.74, 6) is 0.946. The first-order chi connectivity index (χ1) is 10.3. The average Bonchev–Trinajstić information content (AvgIpc) is 2.99. The normalized spacial score (nSPS) is 21.3. The molecular formula is C16H24N2O3. The number of nitrogen functional groups attached to an aromatic ring is 1. The van der Waals surface area contributed by atoms with Gasteiger partial charge in [0.25, 0.3) is 0 Å². The van der Waals surface area contributed by atoms with Gasteiger partial charge in [-0.3, -0.25) is 4.90 Å². The summed E-state index contributed by atoms with van der Waals surface area (Å²) < 4.78 is 16.8. The topological polar surface area (TPSA) is 57.0 Å². The highest BCUT2D eigenvalue weighted by molar-refractivity contribution is 5.53. The van der Waals surface area contributed by atoms with Crippen LogP contribution in [0.2, 0.25) is 0 Å². The number of ether oxygens (including phenoxy) is 3. The molecule has 0 aliphatic carbocycles. The molecule has 0 spiro atoms. The lowest BCUT2D eigenvalue weighted by molar-refractivity contribution is -0.0176. The second-order valence-electron chi connectivity index (χ2n) is 5.74. The molecule has 21 heavy (non-hydrogen) atoms. The van der Waals surface area contributed by atoms with Gasteiger partial charge in [-0.05, 0) is 31.5 Å². The van der Waals surface area contributed by atoms with Crippen molar-refractivity contribution in [1.82, 2.24) is 4.90 Å². The maximum Gasteiger partial charge on any atom is 0.189 e. The van der Waals surface area contributed by atoms with Crippen molar-refractivity contribution in [3.63, 3.8) is 0 Å². The van der Waals surface area contributed by atoms with Gasteiger partial charge in [-0.25, -0.2) is 0 Å². The van der Waals surface area contributed by atoms with Gasteiger partial charge in [-0.2, -0.15) is 0 Å². The smallest absolute Gasteiger partial charge is 0.189 e. The Morgan fingerprint density at radius 3 is 3.05 bits per heavy atom. The van der Waals surface area contributed by atoms with Crippen LogP contribution in [-0.4, -0.2) is 37.5 Å². The van der Waals surface area contributed by atoms with E-state index in [0.717, 1.165) is 55.2 Å². The van der Waals surface area contributed by atoms with E-state index in [0.29, 0.717) is 19.5 Å². The monoisotopic (exact) mass is 292 g/mol. The molecule has 5 nitrogen and oxygen atoms in total. The molecule has 1 fully saturated rings. The van der Waals surface area contributed by atoms with Crippen LogP contribution in [-0.2, 0) is 22.6 Å². The molecule has 2 heterocycles. The Balaban J connectivity index is 1.74. The van der Waals surface area contributed by atoms with Crippen LogP contribution < -0.4 is 10.5 Å². The van der Waals surface area contributed by atoms with Crippen molar-refractivity contribution in [1.29, 1.82) is 0 Å². The predicted molar refractivity (Wildman–Crippen MR) is 81.1 cm³/mol. The number of anilines is 1. The molecule has 2 aliphatic rings. The Hall–Kier alpha value is -1.30. The SMILES string of the molecule is CCN(Cc1cc(N)cc2c1OCOC2)CC1CCCO1. The molecular weight excluding hydrogens is 268 g/mol. The third-order valence-corrected chi connectivity index (χ3v) is 4.14. The number of rotatable bonds is 5. The van der Waals surface area contributed by atoms with Crippen LogP contribution in [0.4, 0.5) is 5.69 Å². The van der Waals surface area contributed by atoms with Crippen molar-refractivity contribution in [3.05, 3.63) is 23.3 Å². The maximum atomic E-state index is 6.01. The number of fused-ring (bicyclic) bond motifs is 1. The minimum atomic E-state index is 0.321. The van der Waals surface area contributed by atoms with E-state index in [9.17, 15) is 0 Å². The van der Waals surface area contributed by atoms with Crippen LogP contribution in [0.15, 0.2) is 12.1 Å². The number of likely N-dealkylation sites (N-methyl/N-ethyl adjacent to an activating group) is 1. The fraction of sp³-hybridized carbons (Fsp3) is 0.625. The highest BCUT2D eigenvalue weighted by Gasteiger charge is 2.21. The highest BCUT2D eigenvalue weighted by Crippen LogP contribution is 2.31. The number of hydrogen-bond donors (Lipinski definition) is 1. The van der Waals surface area contributed by atoms with E-state index in [4.69, 9.17) is 19.9 Å². The highest BCUT2D eigenvalue weighted by atomic mass is 16.7. The number of nitrogens with zero attached hydrogens (tertiary/aromatic N) is 1. The molecule has 0 radical (unpaired) electrons. The number of benzene rings is 1. The van der Waals surface area contributed by atoms with Crippen molar-refractivity contribution in [2.45, 2.75) is 39.0 Å². The molecule has 0 amide bonds. The summed E-state index contributed by atoms with van der Waals surface area (Å²) in [6.07, 6.45) is 2.71. The van der Waals surface area contributed by atoms with Gasteiger partial charge >= 0.3 is 0 Å². The molecule has 0 saturated carbocycles. The zero-order valence-electron chi connectivity index (χ0n) is 12.6. The van der Waals surface area contributed by atoms with Gasteiger partial charge in [0.2, 0.25) is 0 Å². The van der Waals surface area contributed by atoms with Crippen molar-refractivity contribution in [2.24, 2.45) is 0 Å². The lowest BCUT2D eigenvalue weighted by atomic mass is 10.1. The minimum absolute atomic E-state index is 0.321. The first-order valence-electron chi connectivity index (χ1n) is 7.72. The van der Waals surface area contributed by atoms with E-state index in [1.807, 2.05) is 12.1 Å². The summed E-state index contributed by atoms with van der Waals surface area (Å²) >= 11 is 0. The van der Waals surface area contributed by atoms with E-state index in [1.165, 1.54) is 6.42 Å². The van der Waals surface area contributed by atoms with Crippen molar-refractivity contribution < 1.29 is 14.2 Å². The van der Waals surface area contributed by atoms with Gasteiger partial charge in [0.1, 0.15) is 5.75 Å². The summed E-state index contributed by atoms with van der Waals surface area (Å²) in [7, 11) is 0. The summed E-state index contributed by atoms with van der Waals surface area (Å²) in [5, 5.41) is 0. The molecule has 5 heteroatoms. The largest absolute Gasteiger partial charge is 0.467 e. The Morgan fingerprint density at radius 2 is 2.29 bits per heavy atom. The zero-order chi connectivity index (χ0) is 14.7. The molecule has 0 aromatic heterocycles. The lowest BCUT2D eigenvalue weighted by Gasteiger charge is -2.27. The molecule has 1 unspecified atom stereocenters. The number of hydrogen-bond acceptors (Lipinski definition) is 5. The minimum Gasteiger partial charge on any atom is -0.467 e. The molecule has 2 aliphatic heterocycles. The number of nitrogens with two attached hydrogens (primary N) is 1. The Labute approximate surface area is 126 Å². The molecule has 2 N–H and O–H groups in total. The molecule has 1 atom stereocenters. The standard InChI is InChI=1S/C16H24N2O3/c1-2-18(9-15-4-3-5-20-15)8-12-6-14(17)7-13-10-19-11-21-16(12)13/h6-7,15H,2-5,8-11,17H2,1H3. The second kappa shape index (κ2) is 6.64. The molecule has 1 aromatic carbocycles. The van der Waals surface area contributed by atoms with Gasteiger partial charge in [0.15, 0.2) is 6.79 Å². The zero-order valence-corrected chi connectivity index (χ0v) is 12.6. The average molecular weight is 292 g/mol. The van der Waals surface area contributed by atoms with Gasteiger partial charge in [0, 0.05) is 36.5 Å². The van der Waals surface area contributed by atoms with Crippen molar-refractivity contribution in [3.8, 4) is 5.75 Å². The van der Waals surface area contributed by atoms with Gasteiger partial charge in [-0.15, -0.1) is 0 Å². The quantitative estimate of drug-likeness (QED) is 0.843. The summed E-state index contributed by atoms with van der Waals surface area (Å²) in [5.41, 5.74) is 8.97. The molecule has 1 saturated heterocycles. The van der Waals surface area contributed by atoms with Gasteiger partial charge in [-0.1, -0.05) is 6.92 Å². The first-order valence-corrected chi connectivity index (χ1v) is 7.72. The van der Waals surface area contributed by atoms with Crippen molar-refractivity contribution >= 4 is 5.69 Å². The van der Waals surface area contributed by atoms with Crippen molar-refractivity contribution in [2.75, 3.05) is 32.2 Å². The fourth-order valence-corrected chi connectivity index (χ4v) is 3.07. The van der Waals surface area contributed by atoms with E-state index in [1.54, 1.807) is 0 Å². The first kappa shape index (κ1) is 14.6. The Bertz CT molecular complexity index is 487. The van der Waals surface area contributed by atoms with Crippen LogP contribution in [0.25, 0.3) is 0 Å². The molecule has 3 rings (SSSR count). The maximum absolute atomic E-state index is 6.01. The summed E-state index contributed by atoms with van der Waals surface area (Å²) in [6.45, 7) is 6.77.